The van der Waals surface area contributed by atoms with Gasteiger partial charge in [0.25, 0.3) is 0 Å². The molecule has 5 heteroatoms. The van der Waals surface area contributed by atoms with E-state index >= 15 is 0 Å². The molecule has 1 aliphatic rings. The van der Waals surface area contributed by atoms with Gasteiger partial charge in [0.1, 0.15) is 28.6 Å². The topological polar surface area (TPSA) is 59.0 Å². The molecule has 188 valence electrons. The summed E-state index contributed by atoms with van der Waals surface area (Å²) in [4.78, 5) is 16.0. The predicted octanol–water partition coefficient (Wildman–Crippen LogP) is 6.68. The number of nitrogens with zero attached hydrogens (tertiary/aromatic N) is 1. The van der Waals surface area contributed by atoms with E-state index in [1.54, 1.807) is 24.3 Å². The highest BCUT2D eigenvalue weighted by Gasteiger charge is 2.46. The fraction of sp³-hybridized carbons (Fsp3) is 0.219. The summed E-state index contributed by atoms with van der Waals surface area (Å²) in [5.74, 6) is 2.16. The molecule has 0 spiro atoms. The van der Waals surface area contributed by atoms with Crippen molar-refractivity contribution in [3.05, 3.63) is 120 Å². The Labute approximate surface area is 217 Å². The summed E-state index contributed by atoms with van der Waals surface area (Å²) in [7, 11) is 0. The van der Waals surface area contributed by atoms with Crippen molar-refractivity contribution >= 4 is 5.78 Å². The van der Waals surface area contributed by atoms with Crippen LogP contribution in [-0.2, 0) is 5.60 Å². The molecule has 4 aromatic carbocycles. The fourth-order valence-electron chi connectivity index (χ4n) is 4.89. The predicted molar refractivity (Wildman–Crippen MR) is 144 cm³/mol. The number of ether oxygens (including phenoxy) is 2. The van der Waals surface area contributed by atoms with Crippen molar-refractivity contribution in [1.82, 2.24) is 4.90 Å². The molecule has 4 aromatic rings. The third kappa shape index (κ3) is 5.58. The van der Waals surface area contributed by atoms with Crippen LogP contribution in [-0.4, -0.2) is 35.4 Å². The van der Waals surface area contributed by atoms with Crippen molar-refractivity contribution in [3.63, 3.8) is 0 Å². The number of likely N-dealkylation sites (tertiary alicyclic amines) is 1. The van der Waals surface area contributed by atoms with Gasteiger partial charge in [-0.05, 0) is 79.2 Å². The van der Waals surface area contributed by atoms with Crippen LogP contribution in [0.15, 0.2) is 109 Å². The van der Waals surface area contributed by atoms with Crippen LogP contribution in [0.1, 0.15) is 29.3 Å². The molecule has 2 atom stereocenters. The Hall–Kier alpha value is -3.93. The molecule has 1 N–H and O–H groups in total. The summed E-state index contributed by atoms with van der Waals surface area (Å²) in [5.41, 5.74) is 0.0182. The largest absolute Gasteiger partial charge is 0.457 e. The van der Waals surface area contributed by atoms with E-state index < -0.39 is 11.5 Å². The van der Waals surface area contributed by atoms with Gasteiger partial charge in [-0.15, -0.1) is 0 Å². The Balaban J connectivity index is 1.37. The van der Waals surface area contributed by atoms with Crippen molar-refractivity contribution in [3.8, 4) is 23.0 Å². The standard InChI is InChI=1S/C32H31NO4/c1-2-33-22-21-32(35,25-15-19-29(20-16-25)37-27-11-7-4-8-12-27)30(23-33)31(34)24-13-17-28(18-14-24)36-26-9-5-3-6-10-26/h3-20,30,35H,2,21-23H2,1H3/t30-,32+/m0/s1. The Morgan fingerprint density at radius 2 is 1.27 bits per heavy atom. The van der Waals surface area contributed by atoms with Gasteiger partial charge in [-0.3, -0.25) is 4.79 Å². The molecule has 0 aliphatic carbocycles. The molecule has 5 nitrogen and oxygen atoms in total. The van der Waals surface area contributed by atoms with Crippen LogP contribution in [0.5, 0.6) is 23.0 Å². The first kappa shape index (κ1) is 24.8. The SMILES string of the molecule is CCN1CC[C@@](O)(c2ccc(Oc3ccccc3)cc2)[C@H](C(=O)c2ccc(Oc3ccccc3)cc2)C1. The summed E-state index contributed by atoms with van der Waals surface area (Å²) in [6.07, 6.45) is 0.478. The van der Waals surface area contributed by atoms with Crippen molar-refractivity contribution in [2.45, 2.75) is 18.9 Å². The summed E-state index contributed by atoms with van der Waals surface area (Å²) in [6, 6.07) is 33.7. The van der Waals surface area contributed by atoms with Crippen molar-refractivity contribution < 1.29 is 19.4 Å². The van der Waals surface area contributed by atoms with Gasteiger partial charge >= 0.3 is 0 Å². The molecule has 0 radical (unpaired) electrons. The number of piperidine rings is 1. The maximum Gasteiger partial charge on any atom is 0.170 e. The lowest BCUT2D eigenvalue weighted by atomic mass is 9.72. The van der Waals surface area contributed by atoms with Gasteiger partial charge in [0.05, 0.1) is 5.92 Å². The van der Waals surface area contributed by atoms with Crippen LogP contribution < -0.4 is 9.47 Å². The minimum absolute atomic E-state index is 0.0727. The van der Waals surface area contributed by atoms with Crippen LogP contribution >= 0.6 is 0 Å². The maximum absolute atomic E-state index is 13.8. The summed E-state index contributed by atoms with van der Waals surface area (Å²) >= 11 is 0. The third-order valence-electron chi connectivity index (χ3n) is 7.04. The summed E-state index contributed by atoms with van der Waals surface area (Å²) < 4.78 is 11.8. The van der Waals surface area contributed by atoms with E-state index in [2.05, 4.69) is 11.8 Å². The average Bonchev–Trinajstić information content (AvgIpc) is 2.95. The van der Waals surface area contributed by atoms with E-state index in [9.17, 15) is 9.90 Å². The monoisotopic (exact) mass is 493 g/mol. The van der Waals surface area contributed by atoms with Crippen LogP contribution in [0.2, 0.25) is 0 Å². The summed E-state index contributed by atoms with van der Waals surface area (Å²) in [5, 5.41) is 12.0. The Morgan fingerprint density at radius 3 is 1.78 bits per heavy atom. The van der Waals surface area contributed by atoms with E-state index in [0.717, 1.165) is 30.2 Å². The molecule has 0 bridgehead atoms. The molecule has 0 unspecified atom stereocenters. The van der Waals surface area contributed by atoms with E-state index in [4.69, 9.17) is 9.47 Å². The molecule has 5 rings (SSSR count). The number of aliphatic hydroxyl groups is 1. The van der Waals surface area contributed by atoms with Gasteiger partial charge in [0.15, 0.2) is 5.78 Å². The number of carbonyl (C=O) groups is 1. The molecule has 1 heterocycles. The van der Waals surface area contributed by atoms with Crippen molar-refractivity contribution in [2.24, 2.45) is 5.92 Å². The maximum atomic E-state index is 13.8. The third-order valence-corrected chi connectivity index (χ3v) is 7.04. The Bertz CT molecular complexity index is 1310. The number of carbonyl (C=O) groups excluding carboxylic acids is 1. The van der Waals surface area contributed by atoms with Gasteiger partial charge in [0.2, 0.25) is 0 Å². The second-order valence-electron chi connectivity index (χ2n) is 9.36. The second kappa shape index (κ2) is 11.0. The number of para-hydroxylation sites is 2. The van der Waals surface area contributed by atoms with Gasteiger partial charge in [-0.1, -0.05) is 55.5 Å². The van der Waals surface area contributed by atoms with Gasteiger partial charge in [-0.2, -0.15) is 0 Å². The highest BCUT2D eigenvalue weighted by Crippen LogP contribution is 2.40. The van der Waals surface area contributed by atoms with Crippen LogP contribution in [0.3, 0.4) is 0 Å². The lowest BCUT2D eigenvalue weighted by molar-refractivity contribution is -0.0632. The van der Waals surface area contributed by atoms with Crippen LogP contribution in [0.25, 0.3) is 0 Å². The molecule has 0 saturated carbocycles. The minimum Gasteiger partial charge on any atom is -0.457 e. The quantitative estimate of drug-likeness (QED) is 0.277. The zero-order valence-corrected chi connectivity index (χ0v) is 20.9. The zero-order valence-electron chi connectivity index (χ0n) is 20.9. The molecular weight excluding hydrogens is 462 g/mol. The van der Waals surface area contributed by atoms with E-state index in [1.165, 1.54) is 0 Å². The molecule has 0 amide bonds. The van der Waals surface area contributed by atoms with Crippen molar-refractivity contribution in [2.75, 3.05) is 19.6 Å². The average molecular weight is 494 g/mol. The highest BCUT2D eigenvalue weighted by molar-refractivity contribution is 5.99. The molecule has 1 fully saturated rings. The van der Waals surface area contributed by atoms with Crippen molar-refractivity contribution in [1.29, 1.82) is 0 Å². The van der Waals surface area contributed by atoms with E-state index in [0.29, 0.717) is 30.0 Å². The lowest BCUT2D eigenvalue weighted by Crippen LogP contribution is -2.53. The smallest absolute Gasteiger partial charge is 0.170 e. The van der Waals surface area contributed by atoms with Gasteiger partial charge in [-0.25, -0.2) is 0 Å². The minimum atomic E-state index is -1.27. The number of ketones is 1. The zero-order chi connectivity index (χ0) is 25.7. The first-order valence-electron chi connectivity index (χ1n) is 12.7. The Kier molecular flexibility index (Phi) is 7.35. The first-order chi connectivity index (χ1) is 18.0. The van der Waals surface area contributed by atoms with Crippen LogP contribution in [0, 0.1) is 5.92 Å². The first-order valence-corrected chi connectivity index (χ1v) is 12.7. The number of benzene rings is 4. The lowest BCUT2D eigenvalue weighted by Gasteiger charge is -2.44. The van der Waals surface area contributed by atoms with Crippen LogP contribution in [0.4, 0.5) is 0 Å². The number of hydrogen-bond donors (Lipinski definition) is 1. The Morgan fingerprint density at radius 1 is 0.784 bits per heavy atom. The normalized spacial score (nSPS) is 19.8. The molecule has 37 heavy (non-hydrogen) atoms. The van der Waals surface area contributed by atoms with E-state index in [1.807, 2.05) is 84.9 Å². The highest BCUT2D eigenvalue weighted by atomic mass is 16.5. The summed E-state index contributed by atoms with van der Waals surface area (Å²) in [6.45, 7) is 4.13. The number of rotatable bonds is 8. The second-order valence-corrected chi connectivity index (χ2v) is 9.36. The number of hydrogen-bond acceptors (Lipinski definition) is 5. The molecule has 1 aliphatic heterocycles. The van der Waals surface area contributed by atoms with Gasteiger partial charge < -0.3 is 19.5 Å². The molecule has 0 aromatic heterocycles. The molecular formula is C32H31NO4. The molecule has 1 saturated heterocycles. The fourth-order valence-corrected chi connectivity index (χ4v) is 4.89. The van der Waals surface area contributed by atoms with E-state index in [-0.39, 0.29) is 5.78 Å². The van der Waals surface area contributed by atoms with Gasteiger partial charge in [0, 0.05) is 18.7 Å². The number of Topliss-reactive ketones (excluding diaryl/α,β-unsaturated/α-hetero) is 1.